The van der Waals surface area contributed by atoms with Crippen molar-refractivity contribution in [2.75, 3.05) is 6.54 Å². The zero-order chi connectivity index (χ0) is 16.4. The molecule has 0 aliphatic carbocycles. The number of halogens is 2. The normalized spacial score (nSPS) is 14.7. The quantitative estimate of drug-likeness (QED) is 0.915. The average molecular weight is 352 g/mol. The predicted octanol–water partition coefficient (Wildman–Crippen LogP) is 3.59. The van der Waals surface area contributed by atoms with Crippen LogP contribution in [0.25, 0.3) is 0 Å². The van der Waals surface area contributed by atoms with Crippen LogP contribution in [0.4, 0.5) is 0 Å². The van der Waals surface area contributed by atoms with E-state index in [9.17, 15) is 4.79 Å². The van der Waals surface area contributed by atoms with Gasteiger partial charge in [0.25, 0.3) is 5.56 Å². The monoisotopic (exact) mass is 351 g/mol. The summed E-state index contributed by atoms with van der Waals surface area (Å²) in [7, 11) is 0. The molecular formula is C17H19Cl2N3O. The number of H-pyrrole nitrogens is 1. The lowest BCUT2D eigenvalue weighted by Gasteiger charge is -2.27. The summed E-state index contributed by atoms with van der Waals surface area (Å²) in [5.74, 6) is 0.800. The highest BCUT2D eigenvalue weighted by Gasteiger charge is 2.21. The maximum absolute atomic E-state index is 12.3. The minimum absolute atomic E-state index is 0.00251. The molecule has 1 aliphatic heterocycles. The fourth-order valence-electron chi connectivity index (χ4n) is 2.92. The molecule has 1 aromatic heterocycles. The minimum atomic E-state index is -0.00251. The number of nitrogens with zero attached hydrogens (tertiary/aromatic N) is 2. The summed E-state index contributed by atoms with van der Waals surface area (Å²) in [4.78, 5) is 22.0. The van der Waals surface area contributed by atoms with E-state index < -0.39 is 0 Å². The zero-order valence-electron chi connectivity index (χ0n) is 13.0. The van der Waals surface area contributed by atoms with Gasteiger partial charge in [-0.15, -0.1) is 0 Å². The fraction of sp³-hybridized carbons (Fsp3) is 0.412. The fourth-order valence-corrected chi connectivity index (χ4v) is 3.24. The van der Waals surface area contributed by atoms with Gasteiger partial charge in [0.1, 0.15) is 5.82 Å². The number of aromatic nitrogens is 2. The smallest absolute Gasteiger partial charge is 0.255 e. The molecule has 0 unspecified atom stereocenters. The Morgan fingerprint density at radius 2 is 2.13 bits per heavy atom. The van der Waals surface area contributed by atoms with Crippen molar-refractivity contribution in [3.8, 4) is 0 Å². The van der Waals surface area contributed by atoms with Gasteiger partial charge in [-0.3, -0.25) is 9.69 Å². The Balaban J connectivity index is 1.77. The third-order valence-corrected chi connectivity index (χ3v) is 4.81. The van der Waals surface area contributed by atoms with Crippen molar-refractivity contribution in [3.05, 3.63) is 61.2 Å². The standard InChI is InChI=1S/C17H19Cl2N3O/c1-2-3-16-20-15-6-7-22(10-12(15)17(23)21-16)9-11-4-5-13(18)14(19)8-11/h4-5,8H,2-3,6-7,9-10H2,1H3,(H,20,21,23). The first-order valence-corrected chi connectivity index (χ1v) is 8.59. The topological polar surface area (TPSA) is 49.0 Å². The van der Waals surface area contributed by atoms with Crippen LogP contribution < -0.4 is 5.56 Å². The Kier molecular flexibility index (Phi) is 5.05. The lowest BCUT2D eigenvalue weighted by molar-refractivity contribution is 0.241. The van der Waals surface area contributed by atoms with Gasteiger partial charge in [-0.05, 0) is 24.1 Å². The second-order valence-corrected chi connectivity index (χ2v) is 6.71. The SMILES string of the molecule is CCCc1nc2c(c(=O)[nH]1)CN(Cc1ccc(Cl)c(Cl)c1)CC2. The average Bonchev–Trinajstić information content (AvgIpc) is 2.52. The van der Waals surface area contributed by atoms with E-state index in [2.05, 4.69) is 21.8 Å². The Morgan fingerprint density at radius 3 is 2.87 bits per heavy atom. The van der Waals surface area contributed by atoms with Crippen molar-refractivity contribution >= 4 is 23.2 Å². The number of benzene rings is 1. The van der Waals surface area contributed by atoms with E-state index in [0.29, 0.717) is 16.6 Å². The highest BCUT2D eigenvalue weighted by atomic mass is 35.5. The zero-order valence-corrected chi connectivity index (χ0v) is 14.5. The van der Waals surface area contributed by atoms with Gasteiger partial charge in [0, 0.05) is 32.5 Å². The molecule has 0 spiro atoms. The summed E-state index contributed by atoms with van der Waals surface area (Å²) in [5.41, 5.74) is 2.82. The van der Waals surface area contributed by atoms with Crippen LogP contribution >= 0.6 is 23.2 Å². The Morgan fingerprint density at radius 1 is 1.30 bits per heavy atom. The number of fused-ring (bicyclic) bond motifs is 1. The first kappa shape index (κ1) is 16.5. The Hall–Kier alpha value is -1.36. The maximum Gasteiger partial charge on any atom is 0.255 e. The van der Waals surface area contributed by atoms with Gasteiger partial charge < -0.3 is 4.98 Å². The summed E-state index contributed by atoms with van der Waals surface area (Å²) < 4.78 is 0. The van der Waals surface area contributed by atoms with E-state index in [1.54, 1.807) is 0 Å². The van der Waals surface area contributed by atoms with Crippen molar-refractivity contribution in [1.29, 1.82) is 0 Å². The molecule has 0 atom stereocenters. The molecule has 0 fully saturated rings. The van der Waals surface area contributed by atoms with Gasteiger partial charge in [0.15, 0.2) is 0 Å². The van der Waals surface area contributed by atoms with E-state index in [1.807, 2.05) is 18.2 Å². The van der Waals surface area contributed by atoms with Crippen molar-refractivity contribution in [3.63, 3.8) is 0 Å². The molecule has 3 rings (SSSR count). The molecule has 0 saturated heterocycles. The molecule has 2 heterocycles. The number of rotatable bonds is 4. The lowest BCUT2D eigenvalue weighted by atomic mass is 10.1. The van der Waals surface area contributed by atoms with Crippen LogP contribution in [-0.4, -0.2) is 21.4 Å². The molecule has 23 heavy (non-hydrogen) atoms. The molecule has 2 aromatic rings. The van der Waals surface area contributed by atoms with E-state index in [-0.39, 0.29) is 5.56 Å². The Labute approximate surface area is 145 Å². The van der Waals surface area contributed by atoms with Crippen LogP contribution in [0, 0.1) is 0 Å². The first-order valence-electron chi connectivity index (χ1n) is 7.84. The summed E-state index contributed by atoms with van der Waals surface area (Å²) >= 11 is 12.0. The number of aromatic amines is 1. The molecule has 1 N–H and O–H groups in total. The van der Waals surface area contributed by atoms with Crippen molar-refractivity contribution in [2.24, 2.45) is 0 Å². The van der Waals surface area contributed by atoms with Crippen LogP contribution in [0.1, 0.15) is 36.0 Å². The minimum Gasteiger partial charge on any atom is -0.310 e. The molecule has 1 aliphatic rings. The predicted molar refractivity (Wildman–Crippen MR) is 93.1 cm³/mol. The largest absolute Gasteiger partial charge is 0.310 e. The van der Waals surface area contributed by atoms with Gasteiger partial charge >= 0.3 is 0 Å². The van der Waals surface area contributed by atoms with Gasteiger partial charge in [-0.25, -0.2) is 4.98 Å². The number of hydrogen-bond donors (Lipinski definition) is 1. The number of nitrogens with one attached hydrogen (secondary N) is 1. The van der Waals surface area contributed by atoms with Crippen LogP contribution in [0.3, 0.4) is 0 Å². The van der Waals surface area contributed by atoms with E-state index in [0.717, 1.165) is 55.0 Å². The Bertz CT molecular complexity index is 773. The molecule has 6 heteroatoms. The van der Waals surface area contributed by atoms with Gasteiger partial charge in [0.05, 0.1) is 21.3 Å². The van der Waals surface area contributed by atoms with Crippen LogP contribution in [0.2, 0.25) is 10.0 Å². The molecule has 122 valence electrons. The molecule has 0 amide bonds. The highest BCUT2D eigenvalue weighted by Crippen LogP contribution is 2.24. The summed E-state index contributed by atoms with van der Waals surface area (Å²) in [5, 5.41) is 1.12. The van der Waals surface area contributed by atoms with Crippen molar-refractivity contribution in [1.82, 2.24) is 14.9 Å². The summed E-state index contributed by atoms with van der Waals surface area (Å²) in [6.45, 7) is 4.32. The third-order valence-electron chi connectivity index (χ3n) is 4.07. The van der Waals surface area contributed by atoms with Crippen molar-refractivity contribution < 1.29 is 0 Å². The summed E-state index contributed by atoms with van der Waals surface area (Å²) in [6, 6.07) is 5.66. The van der Waals surface area contributed by atoms with Crippen LogP contribution in [0.5, 0.6) is 0 Å². The van der Waals surface area contributed by atoms with Gasteiger partial charge in [0.2, 0.25) is 0 Å². The van der Waals surface area contributed by atoms with E-state index in [1.165, 1.54) is 0 Å². The van der Waals surface area contributed by atoms with Gasteiger partial charge in [-0.1, -0.05) is 36.2 Å². The second kappa shape index (κ2) is 7.04. The van der Waals surface area contributed by atoms with E-state index >= 15 is 0 Å². The highest BCUT2D eigenvalue weighted by molar-refractivity contribution is 6.42. The number of hydrogen-bond acceptors (Lipinski definition) is 3. The molecular weight excluding hydrogens is 333 g/mol. The third kappa shape index (κ3) is 3.77. The molecule has 0 radical (unpaired) electrons. The van der Waals surface area contributed by atoms with Crippen molar-refractivity contribution in [2.45, 2.75) is 39.3 Å². The first-order chi connectivity index (χ1) is 11.1. The van der Waals surface area contributed by atoms with E-state index in [4.69, 9.17) is 23.2 Å². The van der Waals surface area contributed by atoms with Crippen LogP contribution in [0.15, 0.2) is 23.0 Å². The second-order valence-electron chi connectivity index (χ2n) is 5.90. The summed E-state index contributed by atoms with van der Waals surface area (Å²) in [6.07, 6.45) is 2.60. The molecule has 0 saturated carbocycles. The molecule has 0 bridgehead atoms. The lowest BCUT2D eigenvalue weighted by Crippen LogP contribution is -2.35. The van der Waals surface area contributed by atoms with Crippen LogP contribution in [-0.2, 0) is 25.9 Å². The molecule has 4 nitrogen and oxygen atoms in total. The maximum atomic E-state index is 12.3. The van der Waals surface area contributed by atoms with Gasteiger partial charge in [-0.2, -0.15) is 0 Å². The number of aryl methyl sites for hydroxylation is 1. The molecule has 1 aromatic carbocycles.